The molecule has 0 atom stereocenters. The van der Waals surface area contributed by atoms with Gasteiger partial charge in [-0.05, 0) is 0 Å². The summed E-state index contributed by atoms with van der Waals surface area (Å²) in [5.74, 6) is 0. The van der Waals surface area contributed by atoms with Gasteiger partial charge in [0, 0.05) is 0 Å². The lowest BCUT2D eigenvalue weighted by Gasteiger charge is -1.89. The third-order valence-corrected chi connectivity index (χ3v) is 0. The highest BCUT2D eigenvalue weighted by Crippen LogP contribution is 2.01. The molecule has 0 saturated heterocycles. The van der Waals surface area contributed by atoms with E-state index in [0.29, 0.717) is 0 Å². The van der Waals surface area contributed by atoms with Gasteiger partial charge < -0.3 is 0 Å². The van der Waals surface area contributed by atoms with E-state index in [1.807, 2.05) is 0 Å². The number of rotatable bonds is 0. The van der Waals surface area contributed by atoms with Gasteiger partial charge in [0.15, 0.2) is 0 Å². The first-order valence-electron chi connectivity index (χ1n) is 1.55. The van der Waals surface area contributed by atoms with Crippen molar-refractivity contribution in [2.45, 2.75) is 6.30 Å². The molecule has 4 N–H and O–H groups in total. The number of hydrogen-bond donors (Lipinski definition) is 3. The molecule has 0 aliphatic rings. The molecule has 0 heterocycles. The van der Waals surface area contributed by atoms with E-state index in [-0.39, 0.29) is 0 Å². The lowest BCUT2D eigenvalue weighted by Crippen LogP contribution is -2.20. The molecule has 0 saturated carbocycles. The van der Waals surface area contributed by atoms with Crippen LogP contribution in [-0.2, 0) is 10.4 Å². The smallest absolute Gasteiger partial charge is 0.264 e. The zero-order valence-corrected chi connectivity index (χ0v) is 5.15. The molecule has 0 aromatic carbocycles. The molecule has 0 rings (SSSR count). The van der Waals surface area contributed by atoms with Gasteiger partial charge in [0.1, 0.15) is 0 Å². The van der Waals surface area contributed by atoms with Gasteiger partial charge in [-0.1, -0.05) is 0 Å². The van der Waals surface area contributed by atoms with Crippen molar-refractivity contribution in [2.75, 3.05) is 0 Å². The van der Waals surface area contributed by atoms with Crippen LogP contribution in [0.4, 0.5) is 13.2 Å². The predicted molar refractivity (Wildman–Crippen MR) is 24.4 cm³/mol. The van der Waals surface area contributed by atoms with Gasteiger partial charge in [-0.15, -0.1) is 0 Å². The summed E-state index contributed by atoms with van der Waals surface area (Å²) in [5, 5.41) is 0. The fourth-order valence-corrected chi connectivity index (χ4v) is 0. The zero-order chi connectivity index (χ0) is 9.00. The molecule has 0 bridgehead atoms. The second-order valence-corrected chi connectivity index (χ2v) is 1.89. The van der Waals surface area contributed by atoms with Gasteiger partial charge in [-0.25, -0.2) is 5.73 Å². The van der Waals surface area contributed by atoms with E-state index in [0.717, 1.165) is 0 Å². The molecule has 0 fully saturated rings. The SMILES string of the molecule is NC(F)(F)F.O=S(=O)(O)O. The molecular weight excluding hydrogens is 179 g/mol. The van der Waals surface area contributed by atoms with Crippen LogP contribution in [-0.4, -0.2) is 23.8 Å². The minimum atomic E-state index is -4.67. The average Bonchev–Trinajstić information content (AvgIpc) is 1.12. The first-order chi connectivity index (χ1) is 4.00. The molecule has 0 aromatic heterocycles. The Bertz CT molecular complexity index is 155. The van der Waals surface area contributed by atoms with Crippen LogP contribution in [0.5, 0.6) is 0 Å². The van der Waals surface area contributed by atoms with Gasteiger partial charge in [0.25, 0.3) is 0 Å². The quantitative estimate of drug-likeness (QED) is 0.357. The predicted octanol–water partition coefficient (Wildman–Crippen LogP) is -0.188. The van der Waals surface area contributed by atoms with Crippen molar-refractivity contribution in [2.24, 2.45) is 5.73 Å². The summed E-state index contributed by atoms with van der Waals surface area (Å²) >= 11 is 0. The van der Waals surface area contributed by atoms with Gasteiger partial charge in [0.2, 0.25) is 0 Å². The van der Waals surface area contributed by atoms with Gasteiger partial charge in [-0.2, -0.15) is 21.6 Å². The van der Waals surface area contributed by atoms with Crippen molar-refractivity contribution in [3.63, 3.8) is 0 Å². The van der Waals surface area contributed by atoms with E-state index in [1.54, 1.807) is 0 Å². The lowest BCUT2D eigenvalue weighted by atomic mass is 11.3. The highest BCUT2D eigenvalue weighted by Gasteiger charge is 2.16. The second kappa shape index (κ2) is 3.71. The molecular formula is CH4F3NO4S. The first kappa shape index (κ1) is 12.3. The summed E-state index contributed by atoms with van der Waals surface area (Å²) in [5.41, 5.74) is 3.35. The van der Waals surface area contributed by atoms with Crippen molar-refractivity contribution >= 4 is 10.4 Å². The number of hydrogen-bond acceptors (Lipinski definition) is 3. The highest BCUT2D eigenvalue weighted by atomic mass is 32.3. The fraction of sp³-hybridized carbons (Fsp3) is 1.00. The largest absolute Gasteiger partial charge is 0.454 e. The van der Waals surface area contributed by atoms with Crippen molar-refractivity contribution in [3.05, 3.63) is 0 Å². The van der Waals surface area contributed by atoms with E-state index in [1.165, 1.54) is 0 Å². The Balaban J connectivity index is 0. The van der Waals surface area contributed by atoms with Crippen molar-refractivity contribution in [1.29, 1.82) is 0 Å². The standard InChI is InChI=1S/CH2F3N.H2O4S/c2-1(3,4)5;1-5(2,3)4/h5H2;(H2,1,2,3,4). The number of alkyl halides is 3. The zero-order valence-electron chi connectivity index (χ0n) is 4.33. The van der Waals surface area contributed by atoms with Crippen LogP contribution in [0.2, 0.25) is 0 Å². The fourth-order valence-electron chi connectivity index (χ4n) is 0. The Morgan fingerprint density at radius 3 is 1.20 bits per heavy atom. The van der Waals surface area contributed by atoms with Crippen LogP contribution in [0, 0.1) is 0 Å². The molecule has 10 heavy (non-hydrogen) atoms. The monoisotopic (exact) mass is 183 g/mol. The molecule has 0 aromatic rings. The summed E-state index contributed by atoms with van der Waals surface area (Å²) in [6, 6.07) is 0. The summed E-state index contributed by atoms with van der Waals surface area (Å²) in [7, 11) is -4.67. The third kappa shape index (κ3) is 2310. The molecule has 0 aliphatic carbocycles. The van der Waals surface area contributed by atoms with E-state index in [4.69, 9.17) is 17.5 Å². The van der Waals surface area contributed by atoms with Crippen molar-refractivity contribution in [1.82, 2.24) is 0 Å². The van der Waals surface area contributed by atoms with Gasteiger partial charge >= 0.3 is 16.7 Å². The van der Waals surface area contributed by atoms with Crippen molar-refractivity contribution < 1.29 is 30.7 Å². The summed E-state index contributed by atoms with van der Waals surface area (Å²) < 4.78 is 62.0. The Labute approximate surface area is 54.2 Å². The average molecular weight is 183 g/mol. The molecule has 64 valence electrons. The Morgan fingerprint density at radius 1 is 1.20 bits per heavy atom. The normalized spacial score (nSPS) is 11.8. The van der Waals surface area contributed by atoms with Crippen molar-refractivity contribution in [3.8, 4) is 0 Å². The van der Waals surface area contributed by atoms with Crippen LogP contribution in [0.1, 0.15) is 0 Å². The third-order valence-electron chi connectivity index (χ3n) is 0. The van der Waals surface area contributed by atoms with Crippen LogP contribution in [0.25, 0.3) is 0 Å². The summed E-state index contributed by atoms with van der Waals surface area (Å²) in [6.07, 6.45) is -4.50. The van der Waals surface area contributed by atoms with E-state index in [2.05, 4.69) is 5.73 Å². The minimum absolute atomic E-state index is 3.35. The van der Waals surface area contributed by atoms with Crippen LogP contribution >= 0.6 is 0 Å². The van der Waals surface area contributed by atoms with Crippen LogP contribution in [0.15, 0.2) is 0 Å². The van der Waals surface area contributed by atoms with Gasteiger partial charge in [-0.3, -0.25) is 9.11 Å². The van der Waals surface area contributed by atoms with Crippen LogP contribution in [0.3, 0.4) is 0 Å². The summed E-state index contributed by atoms with van der Waals surface area (Å²) in [4.78, 5) is 0. The van der Waals surface area contributed by atoms with Crippen LogP contribution < -0.4 is 5.73 Å². The van der Waals surface area contributed by atoms with E-state index in [9.17, 15) is 13.2 Å². The Hall–Kier alpha value is -0.380. The minimum Gasteiger partial charge on any atom is -0.264 e. The maximum absolute atomic E-state index is 10.1. The first-order valence-corrected chi connectivity index (χ1v) is 2.95. The highest BCUT2D eigenvalue weighted by molar-refractivity contribution is 7.79. The molecule has 0 aliphatic heterocycles. The Kier molecular flexibility index (Phi) is 4.56. The maximum Gasteiger partial charge on any atom is 0.454 e. The molecule has 9 heteroatoms. The topological polar surface area (TPSA) is 101 Å². The molecule has 0 radical (unpaired) electrons. The second-order valence-electron chi connectivity index (χ2n) is 0.989. The van der Waals surface area contributed by atoms with Gasteiger partial charge in [0.05, 0.1) is 0 Å². The van der Waals surface area contributed by atoms with E-state index >= 15 is 0 Å². The Morgan fingerprint density at radius 2 is 1.20 bits per heavy atom. The maximum atomic E-state index is 10.1. The van der Waals surface area contributed by atoms with E-state index < -0.39 is 16.7 Å². The number of halogens is 3. The molecule has 0 spiro atoms. The number of nitrogens with two attached hydrogens (primary N) is 1. The molecule has 5 nitrogen and oxygen atoms in total. The summed E-state index contributed by atoms with van der Waals surface area (Å²) in [6.45, 7) is 0. The molecule has 0 amide bonds. The lowest BCUT2D eigenvalue weighted by molar-refractivity contribution is -0.122. The molecule has 0 unspecified atom stereocenters.